The van der Waals surface area contributed by atoms with Gasteiger partial charge in [-0.15, -0.1) is 0 Å². The second-order valence-corrected chi connectivity index (χ2v) is 6.97. The number of benzene rings is 1. The van der Waals surface area contributed by atoms with Crippen LogP contribution in [0.1, 0.15) is 6.42 Å². The third-order valence-corrected chi connectivity index (χ3v) is 5.63. The predicted molar refractivity (Wildman–Crippen MR) is 76.4 cm³/mol. The zero-order valence-electron chi connectivity index (χ0n) is 11.5. The van der Waals surface area contributed by atoms with Crippen LogP contribution < -0.4 is 0 Å². The highest BCUT2D eigenvalue weighted by molar-refractivity contribution is 7.89. The third-order valence-electron chi connectivity index (χ3n) is 3.71. The van der Waals surface area contributed by atoms with E-state index in [0.29, 0.717) is 17.7 Å². The molecule has 1 aromatic heterocycles. The summed E-state index contributed by atoms with van der Waals surface area (Å²) in [5.41, 5.74) is 0.416. The van der Waals surface area contributed by atoms with Gasteiger partial charge in [0, 0.05) is 24.7 Å². The fourth-order valence-corrected chi connectivity index (χ4v) is 4.23. The zero-order valence-corrected chi connectivity index (χ0v) is 12.4. The van der Waals surface area contributed by atoms with E-state index in [1.54, 1.807) is 24.3 Å². The maximum absolute atomic E-state index is 12.8. The smallest absolute Gasteiger partial charge is 0.307 e. The molecule has 1 saturated heterocycles. The van der Waals surface area contributed by atoms with Crippen LogP contribution in [0, 0.1) is 5.92 Å². The predicted octanol–water partition coefficient (Wildman–Crippen LogP) is 1.44. The third kappa shape index (κ3) is 2.51. The van der Waals surface area contributed by atoms with Crippen molar-refractivity contribution < 1.29 is 22.8 Å². The van der Waals surface area contributed by atoms with Crippen molar-refractivity contribution in [3.8, 4) is 11.3 Å². The first-order chi connectivity index (χ1) is 10.5. The summed E-state index contributed by atoms with van der Waals surface area (Å²) in [4.78, 5) is 11.1. The van der Waals surface area contributed by atoms with E-state index in [1.165, 1.54) is 16.6 Å². The summed E-state index contributed by atoms with van der Waals surface area (Å²) < 4.78 is 31.8. The van der Waals surface area contributed by atoms with E-state index in [4.69, 9.17) is 9.63 Å². The summed E-state index contributed by atoms with van der Waals surface area (Å²) in [5, 5.41) is 12.6. The summed E-state index contributed by atoms with van der Waals surface area (Å²) in [6.45, 7) is 0.187. The Hall–Kier alpha value is -2.19. The Morgan fingerprint density at radius 2 is 2.09 bits per heavy atom. The number of hydrogen-bond donors (Lipinski definition) is 1. The number of rotatable bonds is 4. The van der Waals surface area contributed by atoms with Crippen LogP contribution in [0.5, 0.6) is 0 Å². The summed E-state index contributed by atoms with van der Waals surface area (Å²) in [6.07, 6.45) is 1.76. The van der Waals surface area contributed by atoms with Gasteiger partial charge in [0.1, 0.15) is 0 Å². The molecule has 8 heteroatoms. The van der Waals surface area contributed by atoms with Crippen LogP contribution in [-0.4, -0.2) is 42.0 Å². The fraction of sp³-hybridized carbons (Fsp3) is 0.286. The van der Waals surface area contributed by atoms with E-state index in [9.17, 15) is 13.2 Å². The molecule has 1 aliphatic heterocycles. The Morgan fingerprint density at radius 3 is 2.73 bits per heavy atom. The molecule has 2 heterocycles. The lowest BCUT2D eigenvalue weighted by Gasteiger charge is -2.17. The van der Waals surface area contributed by atoms with Gasteiger partial charge in [-0.25, -0.2) is 8.42 Å². The standard InChI is InChI=1S/C14H14N2O5S/c17-14(18)10-6-8-16(9-10)22(19,20)13-4-2-1-3-11(13)12-5-7-15-21-12/h1-5,7,10H,6,8-9H2,(H,17,18). The first-order valence-electron chi connectivity index (χ1n) is 6.73. The molecule has 22 heavy (non-hydrogen) atoms. The number of sulfonamides is 1. The molecule has 0 aliphatic carbocycles. The maximum Gasteiger partial charge on any atom is 0.307 e. The van der Waals surface area contributed by atoms with E-state index in [2.05, 4.69) is 5.16 Å². The quantitative estimate of drug-likeness (QED) is 0.914. The first kappa shape index (κ1) is 14.7. The van der Waals surface area contributed by atoms with Gasteiger partial charge >= 0.3 is 5.97 Å². The van der Waals surface area contributed by atoms with E-state index in [1.807, 2.05) is 0 Å². The largest absolute Gasteiger partial charge is 0.481 e. The minimum atomic E-state index is -3.78. The van der Waals surface area contributed by atoms with Gasteiger partial charge in [-0.1, -0.05) is 17.3 Å². The van der Waals surface area contributed by atoms with Crippen LogP contribution in [0.2, 0.25) is 0 Å². The van der Waals surface area contributed by atoms with Gasteiger partial charge in [-0.05, 0) is 18.6 Å². The molecular weight excluding hydrogens is 308 g/mol. The Balaban J connectivity index is 1.99. The molecule has 1 N–H and O–H groups in total. The Morgan fingerprint density at radius 1 is 1.32 bits per heavy atom. The molecule has 2 aromatic rings. The molecular formula is C14H14N2O5S. The van der Waals surface area contributed by atoms with Crippen LogP contribution in [0.25, 0.3) is 11.3 Å². The van der Waals surface area contributed by atoms with Gasteiger partial charge < -0.3 is 9.63 Å². The molecule has 0 spiro atoms. The lowest BCUT2D eigenvalue weighted by molar-refractivity contribution is -0.141. The van der Waals surface area contributed by atoms with Crippen molar-refractivity contribution in [2.24, 2.45) is 5.92 Å². The van der Waals surface area contributed by atoms with E-state index in [-0.39, 0.29) is 18.0 Å². The summed E-state index contributed by atoms with van der Waals surface area (Å²) in [5.74, 6) is -1.28. The molecule has 116 valence electrons. The topological polar surface area (TPSA) is 101 Å². The van der Waals surface area contributed by atoms with Crippen molar-refractivity contribution in [1.82, 2.24) is 9.46 Å². The van der Waals surface area contributed by atoms with Gasteiger partial charge in [0.25, 0.3) is 0 Å². The fourth-order valence-electron chi connectivity index (χ4n) is 2.54. The van der Waals surface area contributed by atoms with Crippen LogP contribution in [0.3, 0.4) is 0 Å². The minimum Gasteiger partial charge on any atom is -0.481 e. The number of nitrogens with zero attached hydrogens (tertiary/aromatic N) is 2. The molecule has 1 atom stereocenters. The van der Waals surface area contributed by atoms with Gasteiger partial charge in [0.15, 0.2) is 5.76 Å². The maximum atomic E-state index is 12.8. The number of carboxylic acids is 1. The van der Waals surface area contributed by atoms with Gasteiger partial charge in [0.05, 0.1) is 17.0 Å². The minimum absolute atomic E-state index is 0.0115. The van der Waals surface area contributed by atoms with E-state index in [0.717, 1.165) is 0 Å². The molecule has 3 rings (SSSR count). The monoisotopic (exact) mass is 322 g/mol. The van der Waals surface area contributed by atoms with Gasteiger partial charge in [0.2, 0.25) is 10.0 Å². The van der Waals surface area contributed by atoms with Crippen molar-refractivity contribution in [2.45, 2.75) is 11.3 Å². The number of carbonyl (C=O) groups is 1. The molecule has 1 aromatic carbocycles. The van der Waals surface area contributed by atoms with Gasteiger partial charge in [-0.2, -0.15) is 4.31 Å². The Labute approximate surface area is 127 Å². The van der Waals surface area contributed by atoms with Crippen LogP contribution in [0.4, 0.5) is 0 Å². The normalized spacial score (nSPS) is 19.4. The highest BCUT2D eigenvalue weighted by Gasteiger charge is 2.37. The zero-order chi connectivity index (χ0) is 15.7. The van der Waals surface area contributed by atoms with Crippen LogP contribution in [-0.2, 0) is 14.8 Å². The summed E-state index contributed by atoms with van der Waals surface area (Å²) in [7, 11) is -3.78. The Kier molecular flexibility index (Phi) is 3.71. The van der Waals surface area contributed by atoms with Crippen molar-refractivity contribution in [3.63, 3.8) is 0 Å². The average Bonchev–Trinajstić information content (AvgIpc) is 3.19. The first-order valence-corrected chi connectivity index (χ1v) is 8.17. The average molecular weight is 322 g/mol. The van der Waals surface area contributed by atoms with Crippen molar-refractivity contribution in [2.75, 3.05) is 13.1 Å². The van der Waals surface area contributed by atoms with Crippen molar-refractivity contribution >= 4 is 16.0 Å². The summed E-state index contributed by atoms with van der Waals surface area (Å²) >= 11 is 0. The second-order valence-electron chi connectivity index (χ2n) is 5.06. The number of aliphatic carboxylic acids is 1. The Bertz CT molecular complexity index is 785. The molecule has 1 fully saturated rings. The highest BCUT2D eigenvalue weighted by atomic mass is 32.2. The number of carboxylic acid groups (broad SMARTS) is 1. The van der Waals surface area contributed by atoms with Crippen LogP contribution >= 0.6 is 0 Å². The molecule has 0 bridgehead atoms. The van der Waals surface area contributed by atoms with E-state index < -0.39 is 21.9 Å². The molecule has 7 nitrogen and oxygen atoms in total. The SMILES string of the molecule is O=C(O)C1CCN(S(=O)(=O)c2ccccc2-c2ccno2)C1. The van der Waals surface area contributed by atoms with E-state index >= 15 is 0 Å². The molecule has 0 radical (unpaired) electrons. The van der Waals surface area contributed by atoms with Crippen molar-refractivity contribution in [1.29, 1.82) is 0 Å². The summed E-state index contributed by atoms with van der Waals surface area (Å²) in [6, 6.07) is 8.04. The lowest BCUT2D eigenvalue weighted by Crippen LogP contribution is -2.30. The van der Waals surface area contributed by atoms with Gasteiger partial charge in [-0.3, -0.25) is 4.79 Å². The molecule has 1 unspecified atom stereocenters. The molecule has 1 aliphatic rings. The lowest BCUT2D eigenvalue weighted by atomic mass is 10.1. The number of aromatic nitrogens is 1. The highest BCUT2D eigenvalue weighted by Crippen LogP contribution is 2.31. The second kappa shape index (κ2) is 5.54. The molecule has 0 amide bonds. The van der Waals surface area contributed by atoms with Crippen LogP contribution in [0.15, 0.2) is 45.9 Å². The van der Waals surface area contributed by atoms with Crippen molar-refractivity contribution in [3.05, 3.63) is 36.5 Å². The number of hydrogen-bond acceptors (Lipinski definition) is 5. The molecule has 0 saturated carbocycles.